The number of pyridine rings is 1. The Morgan fingerprint density at radius 3 is 2.50 bits per heavy atom. The van der Waals surface area contributed by atoms with Crippen LogP contribution in [0.5, 0.6) is 0 Å². The first-order chi connectivity index (χ1) is 8.58. The minimum absolute atomic E-state index is 0.339. The van der Waals surface area contributed by atoms with Gasteiger partial charge in [0.1, 0.15) is 0 Å². The van der Waals surface area contributed by atoms with Crippen molar-refractivity contribution in [1.82, 2.24) is 4.98 Å². The zero-order chi connectivity index (χ0) is 13.1. The standard InChI is InChI=1S/C12H9Cl2N3O/c13-9-2-1-3-10(14)11(9)17-12(18)7-4-8(15)6-16-5-7/h1-6H,15H2,(H,17,18). The number of carbonyl (C=O) groups excluding carboxylic acids is 1. The second kappa shape index (κ2) is 5.25. The molecule has 0 spiro atoms. The Morgan fingerprint density at radius 2 is 1.89 bits per heavy atom. The molecule has 0 saturated heterocycles. The van der Waals surface area contributed by atoms with Gasteiger partial charge in [-0.2, -0.15) is 0 Å². The van der Waals surface area contributed by atoms with E-state index in [0.29, 0.717) is 27.0 Å². The minimum atomic E-state index is -0.371. The van der Waals surface area contributed by atoms with Gasteiger partial charge in [0.05, 0.1) is 27.0 Å². The van der Waals surface area contributed by atoms with Gasteiger partial charge >= 0.3 is 0 Å². The van der Waals surface area contributed by atoms with Gasteiger partial charge in [-0.05, 0) is 18.2 Å². The van der Waals surface area contributed by atoms with Crippen molar-refractivity contribution in [1.29, 1.82) is 0 Å². The Labute approximate surface area is 114 Å². The van der Waals surface area contributed by atoms with Crippen molar-refractivity contribution in [3.63, 3.8) is 0 Å². The topological polar surface area (TPSA) is 68.0 Å². The molecule has 0 aliphatic carbocycles. The molecule has 2 aromatic rings. The molecule has 0 aliphatic heterocycles. The summed E-state index contributed by atoms with van der Waals surface area (Å²) in [6.45, 7) is 0. The molecule has 6 heteroatoms. The van der Waals surface area contributed by atoms with E-state index in [0.717, 1.165) is 0 Å². The van der Waals surface area contributed by atoms with Crippen LogP contribution in [0.3, 0.4) is 0 Å². The zero-order valence-electron chi connectivity index (χ0n) is 9.15. The number of aromatic nitrogens is 1. The third-order valence-electron chi connectivity index (χ3n) is 2.22. The molecule has 0 aliphatic rings. The van der Waals surface area contributed by atoms with Gasteiger partial charge in [0, 0.05) is 12.4 Å². The van der Waals surface area contributed by atoms with Crippen molar-refractivity contribution in [3.8, 4) is 0 Å². The smallest absolute Gasteiger partial charge is 0.257 e. The number of amides is 1. The fourth-order valence-corrected chi connectivity index (χ4v) is 1.88. The number of nitrogens with zero attached hydrogens (tertiary/aromatic N) is 1. The predicted molar refractivity (Wildman–Crippen MR) is 73.1 cm³/mol. The van der Waals surface area contributed by atoms with Crippen LogP contribution in [0.15, 0.2) is 36.7 Å². The van der Waals surface area contributed by atoms with Crippen LogP contribution in [0.25, 0.3) is 0 Å². The van der Waals surface area contributed by atoms with Gasteiger partial charge in [0.15, 0.2) is 0 Å². The van der Waals surface area contributed by atoms with Gasteiger partial charge in [-0.3, -0.25) is 9.78 Å². The summed E-state index contributed by atoms with van der Waals surface area (Å²) in [4.78, 5) is 15.8. The maximum Gasteiger partial charge on any atom is 0.257 e. The van der Waals surface area contributed by atoms with Crippen LogP contribution in [-0.2, 0) is 0 Å². The molecule has 0 atom stereocenters. The van der Waals surface area contributed by atoms with Gasteiger partial charge in [0.25, 0.3) is 5.91 Å². The fourth-order valence-electron chi connectivity index (χ4n) is 1.38. The summed E-state index contributed by atoms with van der Waals surface area (Å²) < 4.78 is 0. The number of rotatable bonds is 2. The lowest BCUT2D eigenvalue weighted by Crippen LogP contribution is -2.13. The van der Waals surface area contributed by atoms with E-state index < -0.39 is 0 Å². The van der Waals surface area contributed by atoms with Crippen molar-refractivity contribution < 1.29 is 4.79 Å². The predicted octanol–water partition coefficient (Wildman–Crippen LogP) is 3.22. The lowest BCUT2D eigenvalue weighted by molar-refractivity contribution is 0.102. The highest BCUT2D eigenvalue weighted by atomic mass is 35.5. The number of halogens is 2. The molecule has 3 N–H and O–H groups in total. The molecule has 18 heavy (non-hydrogen) atoms. The van der Waals surface area contributed by atoms with Crippen LogP contribution in [0.4, 0.5) is 11.4 Å². The van der Waals surface area contributed by atoms with Crippen molar-refractivity contribution >= 4 is 40.5 Å². The van der Waals surface area contributed by atoms with Crippen LogP contribution in [-0.4, -0.2) is 10.9 Å². The molecule has 1 aromatic heterocycles. The van der Waals surface area contributed by atoms with E-state index in [1.54, 1.807) is 18.2 Å². The average Bonchev–Trinajstić information content (AvgIpc) is 2.34. The summed E-state index contributed by atoms with van der Waals surface area (Å²) in [7, 11) is 0. The Kier molecular flexibility index (Phi) is 3.69. The number of hydrogen-bond donors (Lipinski definition) is 2. The molecule has 0 unspecified atom stereocenters. The summed E-state index contributed by atoms with van der Waals surface area (Å²) in [5.74, 6) is -0.371. The van der Waals surface area contributed by atoms with Crippen LogP contribution in [0.2, 0.25) is 10.0 Å². The zero-order valence-corrected chi connectivity index (χ0v) is 10.7. The first-order valence-corrected chi connectivity index (χ1v) is 5.79. The molecule has 1 heterocycles. The highest BCUT2D eigenvalue weighted by molar-refractivity contribution is 6.40. The Hall–Kier alpha value is -1.78. The first-order valence-electron chi connectivity index (χ1n) is 5.04. The number of hydrogen-bond acceptors (Lipinski definition) is 3. The van der Waals surface area contributed by atoms with Crippen molar-refractivity contribution in [3.05, 3.63) is 52.3 Å². The van der Waals surface area contributed by atoms with E-state index in [1.165, 1.54) is 18.5 Å². The molecule has 1 aromatic carbocycles. The highest BCUT2D eigenvalue weighted by Gasteiger charge is 2.11. The third kappa shape index (κ3) is 2.72. The monoisotopic (exact) mass is 281 g/mol. The largest absolute Gasteiger partial charge is 0.397 e. The van der Waals surface area contributed by atoms with E-state index in [2.05, 4.69) is 10.3 Å². The molecular weight excluding hydrogens is 273 g/mol. The minimum Gasteiger partial charge on any atom is -0.397 e. The van der Waals surface area contributed by atoms with Gasteiger partial charge < -0.3 is 11.1 Å². The summed E-state index contributed by atoms with van der Waals surface area (Å²) in [6.07, 6.45) is 2.87. The summed E-state index contributed by atoms with van der Waals surface area (Å²) in [5, 5.41) is 3.36. The average molecular weight is 282 g/mol. The highest BCUT2D eigenvalue weighted by Crippen LogP contribution is 2.30. The molecule has 2 rings (SSSR count). The summed E-state index contributed by atoms with van der Waals surface area (Å²) in [5.41, 5.74) is 6.67. The van der Waals surface area contributed by atoms with Crippen LogP contribution in [0.1, 0.15) is 10.4 Å². The van der Waals surface area contributed by atoms with Crippen LogP contribution < -0.4 is 11.1 Å². The molecule has 4 nitrogen and oxygen atoms in total. The second-order valence-corrected chi connectivity index (χ2v) is 4.37. The van der Waals surface area contributed by atoms with E-state index in [-0.39, 0.29) is 5.91 Å². The van der Waals surface area contributed by atoms with E-state index in [1.807, 2.05) is 0 Å². The lowest BCUT2D eigenvalue weighted by Gasteiger charge is -2.09. The number of nitrogens with one attached hydrogen (secondary N) is 1. The van der Waals surface area contributed by atoms with Crippen molar-refractivity contribution in [2.75, 3.05) is 11.1 Å². The van der Waals surface area contributed by atoms with Gasteiger partial charge in [-0.25, -0.2) is 0 Å². The molecule has 1 amide bonds. The van der Waals surface area contributed by atoms with Crippen molar-refractivity contribution in [2.24, 2.45) is 0 Å². The molecule has 92 valence electrons. The molecular formula is C12H9Cl2N3O. The third-order valence-corrected chi connectivity index (χ3v) is 2.85. The van der Waals surface area contributed by atoms with Gasteiger partial charge in [-0.15, -0.1) is 0 Å². The number of nitrogens with two attached hydrogens (primary N) is 1. The molecule has 0 radical (unpaired) electrons. The molecule has 0 bridgehead atoms. The van der Waals surface area contributed by atoms with Crippen LogP contribution >= 0.6 is 23.2 Å². The van der Waals surface area contributed by atoms with Gasteiger partial charge in [-0.1, -0.05) is 29.3 Å². The van der Waals surface area contributed by atoms with E-state index in [4.69, 9.17) is 28.9 Å². The van der Waals surface area contributed by atoms with Crippen LogP contribution in [0, 0.1) is 0 Å². The maximum absolute atomic E-state index is 11.9. The number of para-hydroxylation sites is 1. The van der Waals surface area contributed by atoms with E-state index >= 15 is 0 Å². The van der Waals surface area contributed by atoms with E-state index in [9.17, 15) is 4.79 Å². The number of benzene rings is 1. The maximum atomic E-state index is 11.9. The molecule has 0 fully saturated rings. The number of nitrogen functional groups attached to an aromatic ring is 1. The summed E-state index contributed by atoms with van der Waals surface area (Å²) in [6, 6.07) is 6.50. The first kappa shape index (κ1) is 12.7. The normalized spacial score (nSPS) is 10.1. The Morgan fingerprint density at radius 1 is 1.22 bits per heavy atom. The molecule has 0 saturated carbocycles. The fraction of sp³-hybridized carbons (Fsp3) is 0. The lowest BCUT2D eigenvalue weighted by atomic mass is 10.2. The van der Waals surface area contributed by atoms with Crippen molar-refractivity contribution in [2.45, 2.75) is 0 Å². The Balaban J connectivity index is 2.27. The number of anilines is 2. The second-order valence-electron chi connectivity index (χ2n) is 3.56. The number of carbonyl (C=O) groups is 1. The van der Waals surface area contributed by atoms with Gasteiger partial charge in [0.2, 0.25) is 0 Å². The SMILES string of the molecule is Nc1cncc(C(=O)Nc2c(Cl)cccc2Cl)c1. The quantitative estimate of drug-likeness (QED) is 0.888. The Bertz CT molecular complexity index is 581. The summed E-state index contributed by atoms with van der Waals surface area (Å²) >= 11 is 11.9.